The fourth-order valence-electron chi connectivity index (χ4n) is 2.05. The van der Waals surface area contributed by atoms with Gasteiger partial charge in [-0.25, -0.2) is 0 Å². The first-order chi connectivity index (χ1) is 6.48. The minimum Gasteiger partial charge on any atom is -0.458 e. The molecule has 0 aliphatic carbocycles. The van der Waals surface area contributed by atoms with E-state index in [4.69, 9.17) is 14.2 Å². The first kappa shape index (κ1) is 10.4. The molecule has 2 aliphatic rings. The normalized spacial score (nSPS) is 46.4. The maximum atomic E-state index is 10.9. The molecule has 0 bridgehead atoms. The molecule has 0 aromatic heterocycles. The highest BCUT2D eigenvalue weighted by Crippen LogP contribution is 2.51. The van der Waals surface area contributed by atoms with Crippen molar-refractivity contribution in [2.75, 3.05) is 13.2 Å². The van der Waals surface area contributed by atoms with E-state index in [2.05, 4.69) is 15.9 Å². The highest BCUT2D eigenvalue weighted by molar-refractivity contribution is 9.10. The molecule has 0 aromatic carbocycles. The molecule has 2 aliphatic heterocycles. The molecule has 2 saturated heterocycles. The lowest BCUT2D eigenvalue weighted by atomic mass is 9.96. The van der Waals surface area contributed by atoms with Crippen LogP contribution in [0.4, 0.5) is 0 Å². The number of rotatable bonds is 1. The van der Waals surface area contributed by atoms with Crippen LogP contribution in [0.25, 0.3) is 0 Å². The van der Waals surface area contributed by atoms with E-state index in [9.17, 15) is 4.79 Å². The second-order valence-electron chi connectivity index (χ2n) is 3.82. The Bertz CT molecular complexity index is 270. The Morgan fingerprint density at radius 2 is 2.29 bits per heavy atom. The van der Waals surface area contributed by atoms with E-state index in [1.165, 1.54) is 6.92 Å². The lowest BCUT2D eigenvalue weighted by molar-refractivity contribution is -0.175. The van der Waals surface area contributed by atoms with Crippen molar-refractivity contribution >= 4 is 21.9 Å². The summed E-state index contributed by atoms with van der Waals surface area (Å²) in [5.74, 6) is -0.943. The maximum Gasteiger partial charge on any atom is 0.303 e. The summed E-state index contributed by atoms with van der Waals surface area (Å²) >= 11 is 3.60. The molecule has 0 radical (unpaired) electrons. The van der Waals surface area contributed by atoms with Crippen LogP contribution >= 0.6 is 15.9 Å². The van der Waals surface area contributed by atoms with Gasteiger partial charge in [0.2, 0.25) is 0 Å². The zero-order valence-electron chi connectivity index (χ0n) is 8.21. The van der Waals surface area contributed by atoms with Crippen molar-refractivity contribution in [3.63, 3.8) is 0 Å². The predicted molar refractivity (Wildman–Crippen MR) is 52.1 cm³/mol. The quantitative estimate of drug-likeness (QED) is 0.528. The van der Waals surface area contributed by atoms with Gasteiger partial charge in [0.15, 0.2) is 5.79 Å². The standard InChI is InChI=1S/C9H13BrO4/c1-6(11)14-7-5-13-8(2)9(7,10)3-4-12-8/h7H,3-5H2,1-2H3/t7-,8+,9+/m0/s1. The molecule has 2 fully saturated rings. The summed E-state index contributed by atoms with van der Waals surface area (Å²) in [6.07, 6.45) is 0.536. The molecular formula is C9H13BrO4. The van der Waals surface area contributed by atoms with Gasteiger partial charge < -0.3 is 14.2 Å². The molecule has 0 aromatic rings. The monoisotopic (exact) mass is 264 g/mol. The number of fused-ring (bicyclic) bond motifs is 1. The zero-order chi connectivity index (χ0) is 10.4. The minimum absolute atomic E-state index is 0.257. The molecule has 80 valence electrons. The van der Waals surface area contributed by atoms with Crippen molar-refractivity contribution < 1.29 is 19.0 Å². The van der Waals surface area contributed by atoms with Crippen molar-refractivity contribution in [2.45, 2.75) is 36.5 Å². The van der Waals surface area contributed by atoms with Crippen molar-refractivity contribution in [3.05, 3.63) is 0 Å². The zero-order valence-corrected chi connectivity index (χ0v) is 9.80. The van der Waals surface area contributed by atoms with Crippen LogP contribution in [0, 0.1) is 0 Å². The molecule has 4 nitrogen and oxygen atoms in total. The number of carbonyl (C=O) groups excluding carboxylic acids is 1. The summed E-state index contributed by atoms with van der Waals surface area (Å²) in [4.78, 5) is 10.9. The van der Waals surface area contributed by atoms with Gasteiger partial charge in [-0.1, -0.05) is 15.9 Å². The largest absolute Gasteiger partial charge is 0.458 e. The van der Waals surface area contributed by atoms with Gasteiger partial charge in [0.05, 0.1) is 13.2 Å². The van der Waals surface area contributed by atoms with Gasteiger partial charge in [-0.15, -0.1) is 0 Å². The van der Waals surface area contributed by atoms with Crippen LogP contribution in [0.5, 0.6) is 0 Å². The number of alkyl halides is 1. The van der Waals surface area contributed by atoms with Crippen LogP contribution < -0.4 is 0 Å². The average Bonchev–Trinajstić information content (AvgIpc) is 2.47. The number of esters is 1. The van der Waals surface area contributed by atoms with Crippen molar-refractivity contribution in [2.24, 2.45) is 0 Å². The number of ether oxygens (including phenoxy) is 3. The van der Waals surface area contributed by atoms with E-state index in [1.807, 2.05) is 6.92 Å². The second-order valence-corrected chi connectivity index (χ2v) is 5.23. The third-order valence-corrected chi connectivity index (χ3v) is 4.55. The third kappa shape index (κ3) is 1.30. The molecule has 0 N–H and O–H groups in total. The van der Waals surface area contributed by atoms with Gasteiger partial charge >= 0.3 is 5.97 Å². The molecule has 3 atom stereocenters. The van der Waals surface area contributed by atoms with Gasteiger partial charge in [0.1, 0.15) is 10.4 Å². The molecule has 2 heterocycles. The Labute approximate surface area is 91.0 Å². The molecule has 0 amide bonds. The molecule has 0 saturated carbocycles. The second kappa shape index (κ2) is 3.18. The Balaban J connectivity index is 2.19. The van der Waals surface area contributed by atoms with Gasteiger partial charge in [-0.05, 0) is 13.3 Å². The van der Waals surface area contributed by atoms with Gasteiger partial charge in [0.25, 0.3) is 0 Å². The van der Waals surface area contributed by atoms with E-state index in [0.29, 0.717) is 13.2 Å². The maximum absolute atomic E-state index is 10.9. The molecule has 0 spiro atoms. The molecular weight excluding hydrogens is 252 g/mol. The van der Waals surface area contributed by atoms with Crippen LogP contribution in [0.3, 0.4) is 0 Å². The number of carbonyl (C=O) groups is 1. The van der Waals surface area contributed by atoms with E-state index >= 15 is 0 Å². The summed E-state index contributed by atoms with van der Waals surface area (Å²) in [5.41, 5.74) is 0. The fraction of sp³-hybridized carbons (Fsp3) is 0.889. The topological polar surface area (TPSA) is 44.8 Å². The molecule has 14 heavy (non-hydrogen) atoms. The van der Waals surface area contributed by atoms with Crippen molar-refractivity contribution in [1.29, 1.82) is 0 Å². The van der Waals surface area contributed by atoms with Crippen LogP contribution in [0.2, 0.25) is 0 Å². The first-order valence-electron chi connectivity index (χ1n) is 4.62. The third-order valence-electron chi connectivity index (χ3n) is 2.93. The van der Waals surface area contributed by atoms with Crippen molar-refractivity contribution in [1.82, 2.24) is 0 Å². The molecule has 0 unspecified atom stereocenters. The van der Waals surface area contributed by atoms with E-state index in [0.717, 1.165) is 6.42 Å². The molecule has 5 heteroatoms. The lowest BCUT2D eigenvalue weighted by Crippen LogP contribution is -2.47. The van der Waals surface area contributed by atoms with Crippen LogP contribution in [-0.4, -0.2) is 35.4 Å². The average molecular weight is 265 g/mol. The van der Waals surface area contributed by atoms with E-state index in [-0.39, 0.29) is 16.4 Å². The van der Waals surface area contributed by atoms with Crippen LogP contribution in [0.1, 0.15) is 20.3 Å². The van der Waals surface area contributed by atoms with Gasteiger partial charge in [-0.2, -0.15) is 0 Å². The smallest absolute Gasteiger partial charge is 0.303 e. The SMILES string of the molecule is CC(=O)O[C@H]1CO[C@@]2(C)OCC[C@@]12Br. The van der Waals surface area contributed by atoms with Gasteiger partial charge in [0, 0.05) is 6.92 Å². The number of hydrogen-bond donors (Lipinski definition) is 0. The lowest BCUT2D eigenvalue weighted by Gasteiger charge is -2.31. The number of hydrogen-bond acceptors (Lipinski definition) is 4. The summed E-state index contributed by atoms with van der Waals surface area (Å²) < 4.78 is 15.9. The minimum atomic E-state index is -0.660. The van der Waals surface area contributed by atoms with Gasteiger partial charge in [-0.3, -0.25) is 4.79 Å². The Morgan fingerprint density at radius 1 is 1.57 bits per heavy atom. The first-order valence-corrected chi connectivity index (χ1v) is 5.41. The van der Waals surface area contributed by atoms with Crippen LogP contribution in [0.15, 0.2) is 0 Å². The predicted octanol–water partition coefficient (Wildman–Crippen LogP) is 1.22. The summed E-state index contributed by atoms with van der Waals surface area (Å²) in [5, 5.41) is 0. The number of halogens is 1. The molecule has 2 rings (SSSR count). The summed E-state index contributed by atoms with van der Waals surface area (Å²) in [6, 6.07) is 0. The van der Waals surface area contributed by atoms with E-state index < -0.39 is 5.79 Å². The summed E-state index contributed by atoms with van der Waals surface area (Å²) in [6.45, 7) is 4.29. The highest BCUT2D eigenvalue weighted by atomic mass is 79.9. The fourth-order valence-corrected chi connectivity index (χ4v) is 2.67. The Kier molecular flexibility index (Phi) is 2.36. The van der Waals surface area contributed by atoms with Crippen molar-refractivity contribution in [3.8, 4) is 0 Å². The Hall–Kier alpha value is -0.130. The highest BCUT2D eigenvalue weighted by Gasteiger charge is 2.63. The van der Waals surface area contributed by atoms with E-state index in [1.54, 1.807) is 0 Å². The summed E-state index contributed by atoms with van der Waals surface area (Å²) in [7, 11) is 0. The van der Waals surface area contributed by atoms with Crippen LogP contribution in [-0.2, 0) is 19.0 Å². The Morgan fingerprint density at radius 3 is 2.93 bits per heavy atom.